The van der Waals surface area contributed by atoms with Gasteiger partial charge in [0, 0.05) is 6.20 Å². The standard InChI is InChI=1S/C13H10ClFN2O2/c1-19-11-3-2-6-16-12(11)17-13(18)9-5-4-8(15)7-10(9)14/h2-7H,1H3,(H,16,17,18). The maximum atomic E-state index is 12.9. The number of aromatic nitrogens is 1. The third-order valence-corrected chi connectivity index (χ3v) is 2.71. The minimum absolute atomic E-state index is 0.0346. The summed E-state index contributed by atoms with van der Waals surface area (Å²) in [6, 6.07) is 6.89. The van der Waals surface area contributed by atoms with Crippen LogP contribution in [-0.4, -0.2) is 18.0 Å². The van der Waals surface area contributed by atoms with Crippen LogP contribution in [0, 0.1) is 5.82 Å². The first-order valence-electron chi connectivity index (χ1n) is 5.37. The first kappa shape index (κ1) is 13.3. The highest BCUT2D eigenvalue weighted by Crippen LogP contribution is 2.23. The van der Waals surface area contributed by atoms with E-state index in [1.807, 2.05) is 0 Å². The quantitative estimate of drug-likeness (QED) is 0.940. The van der Waals surface area contributed by atoms with Gasteiger partial charge in [-0.2, -0.15) is 0 Å². The van der Waals surface area contributed by atoms with Crippen molar-refractivity contribution in [2.75, 3.05) is 12.4 Å². The molecule has 0 fully saturated rings. The number of nitrogens with one attached hydrogen (secondary N) is 1. The van der Waals surface area contributed by atoms with E-state index in [4.69, 9.17) is 16.3 Å². The summed E-state index contributed by atoms with van der Waals surface area (Å²) in [7, 11) is 1.47. The molecule has 1 aromatic heterocycles. The predicted molar refractivity (Wildman–Crippen MR) is 70.2 cm³/mol. The van der Waals surface area contributed by atoms with Gasteiger partial charge >= 0.3 is 0 Å². The van der Waals surface area contributed by atoms with Gasteiger partial charge in [-0.1, -0.05) is 11.6 Å². The van der Waals surface area contributed by atoms with Crippen LogP contribution in [0.25, 0.3) is 0 Å². The lowest BCUT2D eigenvalue weighted by Crippen LogP contribution is -2.14. The van der Waals surface area contributed by atoms with Gasteiger partial charge < -0.3 is 10.1 Å². The molecule has 0 aliphatic carbocycles. The largest absolute Gasteiger partial charge is 0.493 e. The second-order valence-corrected chi connectivity index (χ2v) is 4.04. The first-order valence-corrected chi connectivity index (χ1v) is 5.75. The molecule has 2 aromatic rings. The van der Waals surface area contributed by atoms with Gasteiger partial charge in [0.05, 0.1) is 17.7 Å². The molecule has 1 amide bonds. The van der Waals surface area contributed by atoms with Gasteiger partial charge in [-0.05, 0) is 30.3 Å². The van der Waals surface area contributed by atoms with Crippen LogP contribution in [0.3, 0.4) is 0 Å². The number of benzene rings is 1. The van der Waals surface area contributed by atoms with Crippen molar-refractivity contribution in [2.24, 2.45) is 0 Å². The summed E-state index contributed by atoms with van der Waals surface area (Å²) in [4.78, 5) is 16.0. The third kappa shape index (κ3) is 3.00. The number of pyridine rings is 1. The minimum atomic E-state index is -0.503. The van der Waals surface area contributed by atoms with E-state index in [-0.39, 0.29) is 16.4 Å². The Labute approximate surface area is 114 Å². The zero-order chi connectivity index (χ0) is 13.8. The molecule has 19 heavy (non-hydrogen) atoms. The Hall–Kier alpha value is -2.14. The monoisotopic (exact) mass is 280 g/mol. The van der Waals surface area contributed by atoms with E-state index in [2.05, 4.69) is 10.3 Å². The summed E-state index contributed by atoms with van der Waals surface area (Å²) >= 11 is 5.81. The fourth-order valence-corrected chi connectivity index (χ4v) is 1.75. The SMILES string of the molecule is COc1cccnc1NC(=O)c1ccc(F)cc1Cl. The highest BCUT2D eigenvalue weighted by Gasteiger charge is 2.14. The van der Waals surface area contributed by atoms with Crippen molar-refractivity contribution < 1.29 is 13.9 Å². The van der Waals surface area contributed by atoms with Crippen LogP contribution >= 0.6 is 11.6 Å². The Bertz CT molecular complexity index is 619. The molecule has 98 valence electrons. The van der Waals surface area contributed by atoms with E-state index in [1.165, 1.54) is 19.4 Å². The van der Waals surface area contributed by atoms with Gasteiger partial charge in [0.2, 0.25) is 0 Å². The van der Waals surface area contributed by atoms with E-state index >= 15 is 0 Å². The van der Waals surface area contributed by atoms with Crippen LogP contribution in [0.1, 0.15) is 10.4 Å². The van der Waals surface area contributed by atoms with E-state index in [9.17, 15) is 9.18 Å². The Morgan fingerprint density at radius 1 is 1.42 bits per heavy atom. The number of carbonyl (C=O) groups is 1. The molecule has 0 aliphatic heterocycles. The number of hydrogen-bond donors (Lipinski definition) is 1. The molecule has 1 heterocycles. The molecule has 0 bridgehead atoms. The fourth-order valence-electron chi connectivity index (χ4n) is 1.50. The molecule has 0 saturated heterocycles. The average Bonchev–Trinajstić information content (AvgIpc) is 2.39. The molecule has 0 radical (unpaired) electrons. The van der Waals surface area contributed by atoms with E-state index in [0.717, 1.165) is 12.1 Å². The van der Waals surface area contributed by atoms with Crippen LogP contribution in [-0.2, 0) is 0 Å². The molecule has 0 unspecified atom stereocenters. The van der Waals surface area contributed by atoms with Crippen LogP contribution in [0.15, 0.2) is 36.5 Å². The molecule has 2 rings (SSSR count). The summed E-state index contributed by atoms with van der Waals surface area (Å²) < 4.78 is 18.0. The lowest BCUT2D eigenvalue weighted by Gasteiger charge is -2.09. The van der Waals surface area contributed by atoms with Gasteiger partial charge in [-0.15, -0.1) is 0 Å². The Balaban J connectivity index is 2.26. The van der Waals surface area contributed by atoms with Gasteiger partial charge in [0.25, 0.3) is 5.91 Å². The number of ether oxygens (including phenoxy) is 1. The number of hydrogen-bond acceptors (Lipinski definition) is 3. The number of halogens is 2. The van der Waals surface area contributed by atoms with Crippen molar-refractivity contribution in [1.29, 1.82) is 0 Å². The Kier molecular flexibility index (Phi) is 3.97. The van der Waals surface area contributed by atoms with Crippen molar-refractivity contribution in [3.8, 4) is 5.75 Å². The number of carbonyl (C=O) groups excluding carboxylic acids is 1. The first-order chi connectivity index (χ1) is 9.11. The second-order valence-electron chi connectivity index (χ2n) is 3.63. The molecule has 4 nitrogen and oxygen atoms in total. The van der Waals surface area contributed by atoms with Crippen LogP contribution < -0.4 is 10.1 Å². The topological polar surface area (TPSA) is 51.2 Å². The molecule has 1 N–H and O–H groups in total. The van der Waals surface area contributed by atoms with Gasteiger partial charge in [0.1, 0.15) is 5.82 Å². The molecule has 1 aromatic carbocycles. The molecule has 6 heteroatoms. The number of anilines is 1. The molecular weight excluding hydrogens is 271 g/mol. The normalized spacial score (nSPS) is 10.1. The van der Waals surface area contributed by atoms with Crippen molar-refractivity contribution in [3.63, 3.8) is 0 Å². The molecule has 0 atom stereocenters. The maximum Gasteiger partial charge on any atom is 0.258 e. The molecule has 0 saturated carbocycles. The highest BCUT2D eigenvalue weighted by atomic mass is 35.5. The van der Waals surface area contributed by atoms with Gasteiger partial charge in [0.15, 0.2) is 11.6 Å². The average molecular weight is 281 g/mol. The molecular formula is C13H10ClFN2O2. The summed E-state index contributed by atoms with van der Waals surface area (Å²) in [5, 5.41) is 2.59. The predicted octanol–water partition coefficient (Wildman–Crippen LogP) is 3.14. The third-order valence-electron chi connectivity index (χ3n) is 2.40. The number of methoxy groups -OCH3 is 1. The summed E-state index contributed by atoms with van der Waals surface area (Å²) in [5.41, 5.74) is 0.163. The minimum Gasteiger partial charge on any atom is -0.493 e. The van der Waals surface area contributed by atoms with Crippen LogP contribution in [0.2, 0.25) is 5.02 Å². The van der Waals surface area contributed by atoms with Crippen molar-refractivity contribution >= 4 is 23.3 Å². The maximum absolute atomic E-state index is 12.9. The summed E-state index contributed by atoms with van der Waals surface area (Å²) in [6.07, 6.45) is 1.52. The van der Waals surface area contributed by atoms with E-state index in [1.54, 1.807) is 12.1 Å². The van der Waals surface area contributed by atoms with Crippen molar-refractivity contribution in [3.05, 3.63) is 52.9 Å². The smallest absolute Gasteiger partial charge is 0.258 e. The molecule has 0 spiro atoms. The van der Waals surface area contributed by atoms with Crippen LogP contribution in [0.5, 0.6) is 5.75 Å². The number of amides is 1. The Morgan fingerprint density at radius 3 is 2.89 bits per heavy atom. The summed E-state index contributed by atoms with van der Waals surface area (Å²) in [5.74, 6) is -0.288. The van der Waals surface area contributed by atoms with Gasteiger partial charge in [-0.25, -0.2) is 9.37 Å². The van der Waals surface area contributed by atoms with E-state index < -0.39 is 11.7 Å². The number of nitrogens with zero attached hydrogens (tertiary/aromatic N) is 1. The second kappa shape index (κ2) is 5.67. The lowest BCUT2D eigenvalue weighted by atomic mass is 10.2. The highest BCUT2D eigenvalue weighted by molar-refractivity contribution is 6.34. The van der Waals surface area contributed by atoms with Gasteiger partial charge in [-0.3, -0.25) is 4.79 Å². The number of rotatable bonds is 3. The van der Waals surface area contributed by atoms with Crippen LogP contribution in [0.4, 0.5) is 10.2 Å². The van der Waals surface area contributed by atoms with Crippen molar-refractivity contribution in [1.82, 2.24) is 4.98 Å². The molecule has 0 aliphatic rings. The Morgan fingerprint density at radius 2 is 2.21 bits per heavy atom. The van der Waals surface area contributed by atoms with E-state index in [0.29, 0.717) is 5.75 Å². The zero-order valence-electron chi connectivity index (χ0n) is 9.98. The summed E-state index contributed by atoms with van der Waals surface area (Å²) in [6.45, 7) is 0. The fraction of sp³-hybridized carbons (Fsp3) is 0.0769. The lowest BCUT2D eigenvalue weighted by molar-refractivity contribution is 0.102. The zero-order valence-corrected chi connectivity index (χ0v) is 10.7. The van der Waals surface area contributed by atoms with Crippen molar-refractivity contribution in [2.45, 2.75) is 0 Å².